The standard InChI is InChI=1S/C18H20ClN7O/c1-10-5-16(26-15(21-10)4-11(2)22-26)25-12-6-13(25)9-24(8-12)14-7-20-23(3)18(27)17(14)19/h4-5,7,12-13H,6,8-9H2,1-3H3. The number of hydrogen-bond donors (Lipinski definition) is 0. The molecule has 6 heterocycles. The van der Waals surface area contributed by atoms with Gasteiger partial charge in [0, 0.05) is 38.0 Å². The third-order valence-corrected chi connectivity index (χ3v) is 5.87. The monoisotopic (exact) mass is 385 g/mol. The third kappa shape index (κ3) is 2.43. The van der Waals surface area contributed by atoms with Crippen LogP contribution in [0.25, 0.3) is 5.65 Å². The molecule has 27 heavy (non-hydrogen) atoms. The van der Waals surface area contributed by atoms with Gasteiger partial charge in [-0.1, -0.05) is 11.6 Å². The molecule has 6 rings (SSSR count). The average Bonchev–Trinajstić information content (AvgIpc) is 3.00. The summed E-state index contributed by atoms with van der Waals surface area (Å²) in [5.74, 6) is 1.08. The predicted molar refractivity (Wildman–Crippen MR) is 104 cm³/mol. The summed E-state index contributed by atoms with van der Waals surface area (Å²) in [5, 5.41) is 8.99. The molecule has 9 heteroatoms. The zero-order valence-electron chi connectivity index (χ0n) is 15.4. The first kappa shape index (κ1) is 16.6. The van der Waals surface area contributed by atoms with E-state index in [-0.39, 0.29) is 10.6 Å². The molecule has 3 aliphatic heterocycles. The number of hydrogen-bond acceptors (Lipinski definition) is 6. The van der Waals surface area contributed by atoms with E-state index in [1.54, 1.807) is 13.2 Å². The summed E-state index contributed by atoms with van der Waals surface area (Å²) in [6, 6.07) is 4.79. The van der Waals surface area contributed by atoms with Gasteiger partial charge >= 0.3 is 0 Å². The third-order valence-electron chi connectivity index (χ3n) is 5.52. The topological polar surface area (TPSA) is 71.6 Å². The van der Waals surface area contributed by atoms with Crippen molar-refractivity contribution >= 4 is 28.8 Å². The molecule has 0 spiro atoms. The van der Waals surface area contributed by atoms with Crippen LogP contribution < -0.4 is 15.4 Å². The summed E-state index contributed by atoms with van der Waals surface area (Å²) in [4.78, 5) is 21.3. The average molecular weight is 386 g/mol. The molecule has 3 aromatic rings. The molecule has 0 radical (unpaired) electrons. The van der Waals surface area contributed by atoms with Gasteiger partial charge in [0.05, 0.1) is 29.7 Å². The number of fused-ring (bicyclic) bond motifs is 3. The Morgan fingerprint density at radius 2 is 1.89 bits per heavy atom. The second-order valence-corrected chi connectivity index (χ2v) is 7.82. The van der Waals surface area contributed by atoms with Crippen LogP contribution in [-0.2, 0) is 7.05 Å². The smallest absolute Gasteiger partial charge is 0.287 e. The maximum atomic E-state index is 12.1. The molecule has 2 bridgehead atoms. The number of aromatic nitrogens is 5. The second kappa shape index (κ2) is 5.69. The molecule has 3 fully saturated rings. The van der Waals surface area contributed by atoms with Gasteiger partial charge in [-0.25, -0.2) is 9.67 Å². The minimum absolute atomic E-state index is 0.241. The van der Waals surface area contributed by atoms with Gasteiger partial charge in [-0.05, 0) is 20.3 Å². The van der Waals surface area contributed by atoms with Gasteiger partial charge in [0.25, 0.3) is 5.56 Å². The first-order valence-electron chi connectivity index (χ1n) is 9.01. The Labute approximate surface area is 161 Å². The van der Waals surface area contributed by atoms with Crippen molar-refractivity contribution in [1.82, 2.24) is 24.4 Å². The minimum atomic E-state index is -0.260. The van der Waals surface area contributed by atoms with E-state index in [0.717, 1.165) is 48.1 Å². The predicted octanol–water partition coefficient (Wildman–Crippen LogP) is 1.56. The molecule has 140 valence electrons. The van der Waals surface area contributed by atoms with Crippen LogP contribution in [0.2, 0.25) is 5.02 Å². The highest BCUT2D eigenvalue weighted by Gasteiger charge is 2.46. The van der Waals surface area contributed by atoms with Crippen molar-refractivity contribution < 1.29 is 0 Å². The van der Waals surface area contributed by atoms with Crippen LogP contribution in [0.4, 0.5) is 11.5 Å². The first-order chi connectivity index (χ1) is 12.9. The van der Waals surface area contributed by atoms with Gasteiger partial charge in [0.2, 0.25) is 0 Å². The number of rotatable bonds is 2. The lowest BCUT2D eigenvalue weighted by Gasteiger charge is -2.57. The van der Waals surface area contributed by atoms with E-state index in [4.69, 9.17) is 11.6 Å². The molecule has 2 unspecified atom stereocenters. The van der Waals surface area contributed by atoms with Gasteiger partial charge in [0.15, 0.2) is 5.65 Å². The van der Waals surface area contributed by atoms with E-state index in [9.17, 15) is 4.79 Å². The zero-order valence-corrected chi connectivity index (χ0v) is 16.2. The fourth-order valence-electron chi connectivity index (χ4n) is 4.28. The lowest BCUT2D eigenvalue weighted by atomic mass is 9.87. The van der Waals surface area contributed by atoms with E-state index in [2.05, 4.69) is 31.0 Å². The highest BCUT2D eigenvalue weighted by Crippen LogP contribution is 2.39. The van der Waals surface area contributed by atoms with Crippen LogP contribution in [-0.4, -0.2) is 49.6 Å². The Bertz CT molecular complexity index is 1110. The number of anilines is 2. The Balaban J connectivity index is 1.48. The Kier molecular flexibility index (Phi) is 3.49. The summed E-state index contributed by atoms with van der Waals surface area (Å²) in [6.07, 6.45) is 2.81. The highest BCUT2D eigenvalue weighted by atomic mass is 35.5. The van der Waals surface area contributed by atoms with Crippen LogP contribution in [0.15, 0.2) is 23.1 Å². The Morgan fingerprint density at radius 3 is 2.63 bits per heavy atom. The second-order valence-electron chi connectivity index (χ2n) is 7.44. The Morgan fingerprint density at radius 1 is 1.15 bits per heavy atom. The van der Waals surface area contributed by atoms with E-state index in [0.29, 0.717) is 12.1 Å². The summed E-state index contributed by atoms with van der Waals surface area (Å²) < 4.78 is 3.20. The van der Waals surface area contributed by atoms with Gasteiger partial charge in [-0.2, -0.15) is 14.7 Å². The van der Waals surface area contributed by atoms with Crippen LogP contribution in [0.5, 0.6) is 0 Å². The summed E-state index contributed by atoms with van der Waals surface area (Å²) in [7, 11) is 1.61. The lowest BCUT2D eigenvalue weighted by Crippen LogP contribution is -2.69. The molecule has 0 N–H and O–H groups in total. The quantitative estimate of drug-likeness (QED) is 0.666. The number of piperidine rings is 1. The highest BCUT2D eigenvalue weighted by molar-refractivity contribution is 6.33. The largest absolute Gasteiger partial charge is 0.365 e. The van der Waals surface area contributed by atoms with Crippen molar-refractivity contribution in [2.45, 2.75) is 32.4 Å². The van der Waals surface area contributed by atoms with Crippen LogP contribution in [0, 0.1) is 13.8 Å². The molecule has 3 aliphatic rings. The molecule has 0 saturated carbocycles. The van der Waals surface area contributed by atoms with Crippen molar-refractivity contribution in [3.63, 3.8) is 0 Å². The summed E-state index contributed by atoms with van der Waals surface area (Å²) >= 11 is 6.30. The van der Waals surface area contributed by atoms with E-state index < -0.39 is 0 Å². The van der Waals surface area contributed by atoms with Crippen molar-refractivity contribution in [3.05, 3.63) is 45.1 Å². The number of nitrogens with zero attached hydrogens (tertiary/aromatic N) is 7. The van der Waals surface area contributed by atoms with Crippen LogP contribution >= 0.6 is 11.6 Å². The Hall–Kier alpha value is -2.61. The number of aryl methyl sites for hydroxylation is 3. The van der Waals surface area contributed by atoms with Crippen molar-refractivity contribution in [2.75, 3.05) is 22.9 Å². The van der Waals surface area contributed by atoms with E-state index in [1.807, 2.05) is 24.4 Å². The summed E-state index contributed by atoms with van der Waals surface area (Å²) in [6.45, 7) is 5.60. The number of piperazine rings is 1. The van der Waals surface area contributed by atoms with Crippen molar-refractivity contribution in [1.29, 1.82) is 0 Å². The van der Waals surface area contributed by atoms with Gasteiger partial charge < -0.3 is 9.80 Å². The fraction of sp³-hybridized carbons (Fsp3) is 0.444. The molecule has 2 atom stereocenters. The number of halogens is 1. The minimum Gasteiger partial charge on any atom is -0.365 e. The van der Waals surface area contributed by atoms with E-state index >= 15 is 0 Å². The molecule has 0 aliphatic carbocycles. The molecular formula is C18H20ClN7O. The van der Waals surface area contributed by atoms with Crippen LogP contribution in [0.1, 0.15) is 17.8 Å². The van der Waals surface area contributed by atoms with E-state index in [1.165, 1.54) is 4.68 Å². The molecular weight excluding hydrogens is 366 g/mol. The maximum Gasteiger partial charge on any atom is 0.287 e. The molecule has 0 aromatic carbocycles. The maximum absolute atomic E-state index is 12.1. The molecule has 8 nitrogen and oxygen atoms in total. The molecule has 3 saturated heterocycles. The van der Waals surface area contributed by atoms with Crippen LogP contribution in [0.3, 0.4) is 0 Å². The molecule has 0 amide bonds. The zero-order chi connectivity index (χ0) is 18.9. The molecule has 3 aromatic heterocycles. The van der Waals surface area contributed by atoms with Gasteiger partial charge in [-0.3, -0.25) is 4.79 Å². The summed E-state index contributed by atoms with van der Waals surface area (Å²) in [5.41, 5.74) is 3.28. The normalized spacial score (nSPS) is 21.6. The van der Waals surface area contributed by atoms with Crippen molar-refractivity contribution in [3.8, 4) is 0 Å². The fourth-order valence-corrected chi connectivity index (χ4v) is 4.57. The first-order valence-corrected chi connectivity index (χ1v) is 9.39. The van der Waals surface area contributed by atoms with Gasteiger partial charge in [0.1, 0.15) is 10.8 Å². The van der Waals surface area contributed by atoms with Crippen molar-refractivity contribution in [2.24, 2.45) is 7.05 Å². The SMILES string of the molecule is Cc1cc(N2C3CC2CN(c2cnn(C)c(=O)c2Cl)C3)n2nc(C)cc2n1. The lowest BCUT2D eigenvalue weighted by molar-refractivity contribution is 0.287. The van der Waals surface area contributed by atoms with Gasteiger partial charge in [-0.15, -0.1) is 0 Å².